The van der Waals surface area contributed by atoms with E-state index in [0.29, 0.717) is 5.69 Å². The number of hydrogen-bond donors (Lipinski definition) is 1. The van der Waals surface area contributed by atoms with Gasteiger partial charge >= 0.3 is 6.18 Å². The van der Waals surface area contributed by atoms with Crippen molar-refractivity contribution < 1.29 is 13.2 Å². The molecule has 0 aliphatic rings. The Balaban J connectivity index is 2.15. The van der Waals surface area contributed by atoms with Gasteiger partial charge in [-0.25, -0.2) is 4.98 Å². The van der Waals surface area contributed by atoms with Gasteiger partial charge in [0.25, 0.3) is 5.82 Å². The maximum Gasteiger partial charge on any atom is 0.453 e. The van der Waals surface area contributed by atoms with E-state index in [0.717, 1.165) is 0 Å². The third kappa shape index (κ3) is 2.36. The summed E-state index contributed by atoms with van der Waals surface area (Å²) in [6.45, 7) is 0. The predicted octanol–water partition coefficient (Wildman–Crippen LogP) is 1.81. The molecule has 0 radical (unpaired) electrons. The Hall–Kier alpha value is -1.92. The molecule has 2 aromatic rings. The number of rotatable bonds is 2. The number of alkyl halides is 3. The molecule has 7 heteroatoms. The van der Waals surface area contributed by atoms with Crippen molar-refractivity contribution in [3.63, 3.8) is 0 Å². The van der Waals surface area contributed by atoms with Crippen molar-refractivity contribution in [3.05, 3.63) is 41.7 Å². The molecule has 16 heavy (non-hydrogen) atoms. The number of hydrogen-bond acceptors (Lipinski definition) is 3. The molecule has 4 nitrogen and oxygen atoms in total. The molecular weight excluding hydrogens is 221 g/mol. The SMILES string of the molecule is FC(F)(F)c1n[nH]c(Cc2ccccn2)n1. The van der Waals surface area contributed by atoms with Gasteiger partial charge in [0.15, 0.2) is 0 Å². The van der Waals surface area contributed by atoms with Gasteiger partial charge in [-0.05, 0) is 12.1 Å². The van der Waals surface area contributed by atoms with Gasteiger partial charge in [0.05, 0.1) is 0 Å². The fourth-order valence-electron chi connectivity index (χ4n) is 1.18. The van der Waals surface area contributed by atoms with Gasteiger partial charge in [-0.3, -0.25) is 10.1 Å². The maximum atomic E-state index is 12.2. The van der Waals surface area contributed by atoms with Crippen LogP contribution >= 0.6 is 0 Å². The van der Waals surface area contributed by atoms with E-state index >= 15 is 0 Å². The lowest BCUT2D eigenvalue weighted by atomic mass is 10.2. The number of aromatic nitrogens is 4. The van der Waals surface area contributed by atoms with Crippen LogP contribution in [-0.2, 0) is 12.6 Å². The van der Waals surface area contributed by atoms with E-state index in [-0.39, 0.29) is 12.2 Å². The van der Waals surface area contributed by atoms with Gasteiger partial charge < -0.3 is 0 Å². The molecule has 0 amide bonds. The van der Waals surface area contributed by atoms with Crippen molar-refractivity contribution in [3.8, 4) is 0 Å². The first-order valence-corrected chi connectivity index (χ1v) is 4.44. The standard InChI is InChI=1S/C9H7F3N4/c10-9(11,12)8-14-7(15-16-8)5-6-3-1-2-4-13-6/h1-4H,5H2,(H,14,15,16). The highest BCUT2D eigenvalue weighted by Gasteiger charge is 2.35. The molecule has 1 N–H and O–H groups in total. The predicted molar refractivity (Wildman–Crippen MR) is 48.4 cm³/mol. The fourth-order valence-corrected chi connectivity index (χ4v) is 1.18. The van der Waals surface area contributed by atoms with Crippen LogP contribution in [-0.4, -0.2) is 20.2 Å². The summed E-state index contributed by atoms with van der Waals surface area (Å²) in [5, 5.41) is 5.33. The lowest BCUT2D eigenvalue weighted by molar-refractivity contribution is -0.144. The third-order valence-corrected chi connectivity index (χ3v) is 1.86. The highest BCUT2D eigenvalue weighted by atomic mass is 19.4. The zero-order valence-corrected chi connectivity index (χ0v) is 7.99. The van der Waals surface area contributed by atoms with Gasteiger partial charge in [-0.15, -0.1) is 5.10 Å². The number of H-pyrrole nitrogens is 1. The molecule has 0 aliphatic carbocycles. The molecule has 0 bridgehead atoms. The molecule has 0 fully saturated rings. The number of aromatic amines is 1. The van der Waals surface area contributed by atoms with Crippen LogP contribution < -0.4 is 0 Å². The monoisotopic (exact) mass is 228 g/mol. The second-order valence-electron chi connectivity index (χ2n) is 3.10. The molecule has 0 spiro atoms. The van der Waals surface area contributed by atoms with Crippen molar-refractivity contribution in [2.24, 2.45) is 0 Å². The molecule has 0 unspecified atom stereocenters. The highest BCUT2D eigenvalue weighted by Crippen LogP contribution is 2.25. The van der Waals surface area contributed by atoms with E-state index in [9.17, 15) is 13.2 Å². The largest absolute Gasteiger partial charge is 0.453 e. The average Bonchev–Trinajstić information content (AvgIpc) is 2.67. The topological polar surface area (TPSA) is 54.5 Å². The second-order valence-corrected chi connectivity index (χ2v) is 3.10. The van der Waals surface area contributed by atoms with E-state index in [4.69, 9.17) is 0 Å². The third-order valence-electron chi connectivity index (χ3n) is 1.86. The number of nitrogens with one attached hydrogen (secondary N) is 1. The van der Waals surface area contributed by atoms with Crippen molar-refractivity contribution in [2.75, 3.05) is 0 Å². The summed E-state index contributed by atoms with van der Waals surface area (Å²) >= 11 is 0. The van der Waals surface area contributed by atoms with E-state index in [1.807, 2.05) is 0 Å². The minimum atomic E-state index is -4.52. The van der Waals surface area contributed by atoms with Gasteiger partial charge in [0.1, 0.15) is 5.82 Å². The molecule has 84 valence electrons. The Morgan fingerprint density at radius 3 is 2.62 bits per heavy atom. The molecule has 0 saturated heterocycles. The van der Waals surface area contributed by atoms with Crippen molar-refractivity contribution >= 4 is 0 Å². The van der Waals surface area contributed by atoms with Gasteiger partial charge in [-0.2, -0.15) is 13.2 Å². The number of nitrogens with zero attached hydrogens (tertiary/aromatic N) is 3. The van der Waals surface area contributed by atoms with E-state index in [1.54, 1.807) is 24.4 Å². The summed E-state index contributed by atoms with van der Waals surface area (Å²) < 4.78 is 36.5. The molecule has 2 heterocycles. The molecule has 0 aliphatic heterocycles. The number of halogens is 3. The van der Waals surface area contributed by atoms with Gasteiger partial charge in [-0.1, -0.05) is 6.07 Å². The average molecular weight is 228 g/mol. The van der Waals surface area contributed by atoms with Gasteiger partial charge in [0, 0.05) is 18.3 Å². The minimum Gasteiger partial charge on any atom is -0.262 e. The summed E-state index contributed by atoms with van der Waals surface area (Å²) in [5.74, 6) is -1.01. The molecule has 0 aromatic carbocycles. The zero-order valence-electron chi connectivity index (χ0n) is 7.99. The molecule has 2 rings (SSSR count). The molecule has 0 saturated carbocycles. The zero-order chi connectivity index (χ0) is 11.6. The van der Waals surface area contributed by atoms with E-state index in [1.165, 1.54) is 0 Å². The van der Waals surface area contributed by atoms with Crippen molar-refractivity contribution in [2.45, 2.75) is 12.6 Å². The Kier molecular flexibility index (Phi) is 2.59. The van der Waals surface area contributed by atoms with Crippen LogP contribution in [0.4, 0.5) is 13.2 Å². The maximum absolute atomic E-state index is 12.2. The van der Waals surface area contributed by atoms with Crippen LogP contribution in [0, 0.1) is 0 Å². The first-order chi connectivity index (χ1) is 7.55. The van der Waals surface area contributed by atoms with E-state index in [2.05, 4.69) is 20.2 Å². The Morgan fingerprint density at radius 2 is 2.06 bits per heavy atom. The Labute approximate surface area is 88.6 Å². The quantitative estimate of drug-likeness (QED) is 0.852. The fraction of sp³-hybridized carbons (Fsp3) is 0.222. The van der Waals surface area contributed by atoms with Crippen LogP contribution in [0.1, 0.15) is 17.3 Å². The molecule has 0 atom stereocenters. The summed E-state index contributed by atoms with van der Waals surface area (Å²) in [7, 11) is 0. The van der Waals surface area contributed by atoms with Crippen molar-refractivity contribution in [1.82, 2.24) is 20.2 Å². The lowest BCUT2D eigenvalue weighted by Crippen LogP contribution is -2.07. The summed E-state index contributed by atoms with van der Waals surface area (Å²) in [6, 6.07) is 5.18. The van der Waals surface area contributed by atoms with Crippen LogP contribution in [0.5, 0.6) is 0 Å². The normalized spacial score (nSPS) is 11.7. The van der Waals surface area contributed by atoms with Crippen LogP contribution in [0.25, 0.3) is 0 Å². The second kappa shape index (κ2) is 3.92. The van der Waals surface area contributed by atoms with Crippen LogP contribution in [0.3, 0.4) is 0 Å². The molecular formula is C9H7F3N4. The summed E-state index contributed by atoms with van der Waals surface area (Å²) in [6.07, 6.45) is -2.75. The highest BCUT2D eigenvalue weighted by molar-refractivity contribution is 5.10. The number of pyridine rings is 1. The molecule has 2 aromatic heterocycles. The van der Waals surface area contributed by atoms with Gasteiger partial charge in [0.2, 0.25) is 0 Å². The Bertz CT molecular complexity index is 463. The first kappa shape index (κ1) is 10.6. The smallest absolute Gasteiger partial charge is 0.262 e. The van der Waals surface area contributed by atoms with Crippen molar-refractivity contribution in [1.29, 1.82) is 0 Å². The minimum absolute atomic E-state index is 0.144. The summed E-state index contributed by atoms with van der Waals surface area (Å²) in [5.41, 5.74) is 0.632. The van der Waals surface area contributed by atoms with Crippen LogP contribution in [0.15, 0.2) is 24.4 Å². The Morgan fingerprint density at radius 1 is 1.25 bits per heavy atom. The lowest BCUT2D eigenvalue weighted by Gasteiger charge is -1.97. The summed E-state index contributed by atoms with van der Waals surface area (Å²) in [4.78, 5) is 7.32. The first-order valence-electron chi connectivity index (χ1n) is 4.44. The van der Waals surface area contributed by atoms with E-state index < -0.39 is 12.0 Å². The van der Waals surface area contributed by atoms with Crippen LogP contribution in [0.2, 0.25) is 0 Å².